The van der Waals surface area contributed by atoms with Crippen molar-refractivity contribution in [3.63, 3.8) is 0 Å². The number of hydrogen-bond donors (Lipinski definition) is 1. The highest BCUT2D eigenvalue weighted by atomic mass is 16.5. The summed E-state index contributed by atoms with van der Waals surface area (Å²) in [6.45, 7) is 4.16. The summed E-state index contributed by atoms with van der Waals surface area (Å²) in [6.07, 6.45) is 4.47. The first-order valence-corrected chi connectivity index (χ1v) is 5.31. The molecular formula is C11H19NO3. The summed E-state index contributed by atoms with van der Waals surface area (Å²) in [5, 5.41) is 3.23. The van der Waals surface area contributed by atoms with Gasteiger partial charge in [-0.25, -0.2) is 4.79 Å². The van der Waals surface area contributed by atoms with E-state index in [-0.39, 0.29) is 5.97 Å². The smallest absolute Gasteiger partial charge is 0.333 e. The molecule has 1 fully saturated rings. The Morgan fingerprint density at radius 2 is 2.47 bits per heavy atom. The minimum atomic E-state index is -0.270. The van der Waals surface area contributed by atoms with Gasteiger partial charge in [-0.1, -0.05) is 6.08 Å². The van der Waals surface area contributed by atoms with Gasteiger partial charge in [-0.3, -0.25) is 0 Å². The average molecular weight is 213 g/mol. The second-order valence-electron chi connectivity index (χ2n) is 3.67. The third-order valence-corrected chi connectivity index (χ3v) is 2.46. The molecule has 0 amide bonds. The van der Waals surface area contributed by atoms with Gasteiger partial charge in [0.15, 0.2) is 0 Å². The van der Waals surface area contributed by atoms with Crippen molar-refractivity contribution < 1.29 is 14.3 Å². The number of rotatable bonds is 5. The lowest BCUT2D eigenvalue weighted by Gasteiger charge is -2.09. The molecular weight excluding hydrogens is 194 g/mol. The van der Waals surface area contributed by atoms with Gasteiger partial charge < -0.3 is 14.8 Å². The first kappa shape index (κ1) is 12.2. The van der Waals surface area contributed by atoms with Crippen molar-refractivity contribution in [1.82, 2.24) is 5.32 Å². The first-order chi connectivity index (χ1) is 7.24. The molecule has 4 heteroatoms. The summed E-state index contributed by atoms with van der Waals surface area (Å²) in [7, 11) is 1.39. The van der Waals surface area contributed by atoms with Gasteiger partial charge in [-0.2, -0.15) is 0 Å². The van der Waals surface area contributed by atoms with Crippen molar-refractivity contribution in [2.24, 2.45) is 0 Å². The van der Waals surface area contributed by atoms with E-state index in [1.54, 1.807) is 6.92 Å². The number of nitrogens with one attached hydrogen (secondary N) is 1. The van der Waals surface area contributed by atoms with Crippen molar-refractivity contribution in [2.75, 3.05) is 26.8 Å². The van der Waals surface area contributed by atoms with Crippen LogP contribution in [-0.4, -0.2) is 38.9 Å². The molecule has 0 spiro atoms. The number of ether oxygens (including phenoxy) is 2. The Hall–Kier alpha value is -0.870. The normalized spacial score (nSPS) is 21.7. The minimum absolute atomic E-state index is 0.270. The zero-order valence-electron chi connectivity index (χ0n) is 9.41. The molecule has 4 nitrogen and oxygen atoms in total. The van der Waals surface area contributed by atoms with E-state index in [1.165, 1.54) is 7.11 Å². The highest BCUT2D eigenvalue weighted by Gasteiger charge is 2.13. The van der Waals surface area contributed by atoms with Crippen LogP contribution in [0.3, 0.4) is 0 Å². The van der Waals surface area contributed by atoms with E-state index in [1.807, 2.05) is 6.08 Å². The number of carbonyl (C=O) groups is 1. The van der Waals surface area contributed by atoms with Crippen LogP contribution in [0.4, 0.5) is 0 Å². The van der Waals surface area contributed by atoms with Crippen molar-refractivity contribution in [3.8, 4) is 0 Å². The van der Waals surface area contributed by atoms with Crippen molar-refractivity contribution in [1.29, 1.82) is 0 Å². The topological polar surface area (TPSA) is 47.6 Å². The molecule has 1 rings (SSSR count). The fourth-order valence-corrected chi connectivity index (χ4v) is 1.52. The standard InChI is InChI=1S/C11H19NO3/c1-9(11(13)14-2)5-6-12-8-10-4-3-7-15-10/h5,10,12H,3-4,6-8H2,1-2H3. The average Bonchev–Trinajstić information content (AvgIpc) is 2.75. The number of carbonyl (C=O) groups excluding carboxylic acids is 1. The second-order valence-corrected chi connectivity index (χ2v) is 3.67. The van der Waals surface area contributed by atoms with Crippen LogP contribution in [-0.2, 0) is 14.3 Å². The van der Waals surface area contributed by atoms with Crippen LogP contribution in [0, 0.1) is 0 Å². The molecule has 0 bridgehead atoms. The third-order valence-electron chi connectivity index (χ3n) is 2.46. The maximum Gasteiger partial charge on any atom is 0.333 e. The van der Waals surface area contributed by atoms with E-state index in [2.05, 4.69) is 10.1 Å². The molecule has 1 aliphatic rings. The van der Waals surface area contributed by atoms with Crippen molar-refractivity contribution in [2.45, 2.75) is 25.9 Å². The Labute approximate surface area is 90.6 Å². The van der Waals surface area contributed by atoms with Gasteiger partial charge in [-0.05, 0) is 19.8 Å². The van der Waals surface area contributed by atoms with Crippen LogP contribution >= 0.6 is 0 Å². The monoisotopic (exact) mass is 213 g/mol. The van der Waals surface area contributed by atoms with E-state index in [4.69, 9.17) is 4.74 Å². The van der Waals surface area contributed by atoms with Crippen LogP contribution in [0.5, 0.6) is 0 Å². The van der Waals surface area contributed by atoms with E-state index in [0.717, 1.165) is 26.0 Å². The molecule has 0 aromatic rings. The first-order valence-electron chi connectivity index (χ1n) is 5.31. The predicted molar refractivity (Wildman–Crippen MR) is 57.6 cm³/mol. The van der Waals surface area contributed by atoms with Gasteiger partial charge in [0.2, 0.25) is 0 Å². The van der Waals surface area contributed by atoms with Crippen LogP contribution in [0.2, 0.25) is 0 Å². The Morgan fingerprint density at radius 1 is 1.67 bits per heavy atom. The summed E-state index contributed by atoms with van der Waals surface area (Å²) in [6, 6.07) is 0. The van der Waals surface area contributed by atoms with Gasteiger partial charge >= 0.3 is 5.97 Å². The predicted octanol–water partition coefficient (Wildman–Crippen LogP) is 0.874. The van der Waals surface area contributed by atoms with Crippen LogP contribution in [0.25, 0.3) is 0 Å². The van der Waals surface area contributed by atoms with E-state index in [0.29, 0.717) is 18.2 Å². The third kappa shape index (κ3) is 4.44. The summed E-state index contributed by atoms with van der Waals surface area (Å²) in [4.78, 5) is 11.0. The molecule has 1 N–H and O–H groups in total. The van der Waals surface area contributed by atoms with E-state index in [9.17, 15) is 4.79 Å². The molecule has 0 aromatic heterocycles. The summed E-state index contributed by atoms with van der Waals surface area (Å²) in [5.74, 6) is -0.270. The lowest BCUT2D eigenvalue weighted by atomic mass is 10.2. The molecule has 0 radical (unpaired) electrons. The van der Waals surface area contributed by atoms with Crippen LogP contribution in [0.15, 0.2) is 11.6 Å². The molecule has 1 atom stereocenters. The number of methoxy groups -OCH3 is 1. The number of hydrogen-bond acceptors (Lipinski definition) is 4. The Bertz CT molecular complexity index is 232. The van der Waals surface area contributed by atoms with Crippen molar-refractivity contribution >= 4 is 5.97 Å². The molecule has 1 unspecified atom stereocenters. The van der Waals surface area contributed by atoms with Crippen LogP contribution in [0.1, 0.15) is 19.8 Å². The van der Waals surface area contributed by atoms with Crippen LogP contribution < -0.4 is 5.32 Å². The molecule has 0 aromatic carbocycles. The highest BCUT2D eigenvalue weighted by Crippen LogP contribution is 2.10. The lowest BCUT2D eigenvalue weighted by molar-refractivity contribution is -0.136. The largest absolute Gasteiger partial charge is 0.466 e. The molecule has 15 heavy (non-hydrogen) atoms. The Morgan fingerprint density at radius 3 is 3.07 bits per heavy atom. The fraction of sp³-hybridized carbons (Fsp3) is 0.727. The van der Waals surface area contributed by atoms with E-state index < -0.39 is 0 Å². The maximum absolute atomic E-state index is 11.0. The molecule has 1 aliphatic heterocycles. The van der Waals surface area contributed by atoms with Gasteiger partial charge in [0.05, 0.1) is 13.2 Å². The van der Waals surface area contributed by atoms with Gasteiger partial charge in [0.1, 0.15) is 0 Å². The Kier molecular flexibility index (Phi) is 5.36. The zero-order valence-corrected chi connectivity index (χ0v) is 9.41. The zero-order chi connectivity index (χ0) is 11.1. The lowest BCUT2D eigenvalue weighted by Crippen LogP contribution is -2.26. The summed E-state index contributed by atoms with van der Waals surface area (Å²) >= 11 is 0. The maximum atomic E-state index is 11.0. The Balaban J connectivity index is 2.11. The van der Waals surface area contributed by atoms with Gasteiger partial charge in [0, 0.05) is 25.3 Å². The molecule has 1 saturated heterocycles. The molecule has 0 aliphatic carbocycles. The fourth-order valence-electron chi connectivity index (χ4n) is 1.52. The summed E-state index contributed by atoms with van der Waals surface area (Å²) in [5.41, 5.74) is 0.636. The SMILES string of the molecule is COC(=O)C(C)=CCNCC1CCCO1. The summed E-state index contributed by atoms with van der Waals surface area (Å²) < 4.78 is 10.0. The highest BCUT2D eigenvalue weighted by molar-refractivity contribution is 5.87. The quantitative estimate of drug-likeness (QED) is 0.418. The van der Waals surface area contributed by atoms with Gasteiger partial charge in [-0.15, -0.1) is 0 Å². The van der Waals surface area contributed by atoms with E-state index >= 15 is 0 Å². The minimum Gasteiger partial charge on any atom is -0.466 e. The number of esters is 1. The molecule has 86 valence electrons. The second kappa shape index (κ2) is 6.58. The molecule has 0 saturated carbocycles. The van der Waals surface area contributed by atoms with Gasteiger partial charge in [0.25, 0.3) is 0 Å². The van der Waals surface area contributed by atoms with Crippen molar-refractivity contribution in [3.05, 3.63) is 11.6 Å². The molecule has 1 heterocycles.